The molecule has 0 aliphatic carbocycles. The molecule has 0 spiro atoms. The number of carbonyl (C=O) groups is 1. The average Bonchev–Trinajstić information content (AvgIpc) is 3.05. The van der Waals surface area contributed by atoms with Gasteiger partial charge in [0.15, 0.2) is 21.6 Å². The van der Waals surface area contributed by atoms with Crippen LogP contribution in [0.1, 0.15) is 49.6 Å². The van der Waals surface area contributed by atoms with Crippen LogP contribution in [-0.2, 0) is 9.84 Å². The lowest BCUT2D eigenvalue weighted by Crippen LogP contribution is -2.47. The van der Waals surface area contributed by atoms with E-state index in [9.17, 15) is 26.4 Å². The monoisotopic (exact) mass is 394 g/mol. The molecule has 0 bridgehead atoms. The number of nitrogens with one attached hydrogen (secondary N) is 2. The van der Waals surface area contributed by atoms with Crippen LogP contribution >= 0.6 is 0 Å². The maximum absolute atomic E-state index is 13.4. The number of nitrogens with zero attached hydrogens (tertiary/aromatic N) is 2. The quantitative estimate of drug-likeness (QED) is 0.817. The Morgan fingerprint density at radius 3 is 2.73 bits per heavy atom. The second kappa shape index (κ2) is 6.14. The zero-order valence-corrected chi connectivity index (χ0v) is 15.2. The van der Waals surface area contributed by atoms with E-state index < -0.39 is 33.5 Å². The van der Waals surface area contributed by atoms with Crippen LogP contribution in [0.4, 0.5) is 19.0 Å². The van der Waals surface area contributed by atoms with Crippen molar-refractivity contribution in [3.05, 3.63) is 11.8 Å². The summed E-state index contributed by atoms with van der Waals surface area (Å²) in [5, 5.41) is 9.43. The van der Waals surface area contributed by atoms with E-state index >= 15 is 0 Å². The number of carbonyl (C=O) groups excluding carboxylic acids is 1. The Hall–Kier alpha value is -1.78. The third-order valence-corrected chi connectivity index (χ3v) is 6.82. The van der Waals surface area contributed by atoms with Gasteiger partial charge in [-0.3, -0.25) is 4.79 Å². The lowest BCUT2D eigenvalue weighted by Gasteiger charge is -2.32. The van der Waals surface area contributed by atoms with Crippen LogP contribution in [0.5, 0.6) is 0 Å². The van der Waals surface area contributed by atoms with Gasteiger partial charge in [0.25, 0.3) is 5.91 Å². The van der Waals surface area contributed by atoms with E-state index in [1.54, 1.807) is 13.8 Å². The molecule has 1 fully saturated rings. The Bertz CT molecular complexity index is 821. The van der Waals surface area contributed by atoms with Gasteiger partial charge in [0, 0.05) is 12.1 Å². The SMILES string of the molecule is CC[C@@H]1C[C@H](C(F)(F)F)n2nc(C(=O)N[C@]3(C)CCS(=O)(=O)C3)cc2N1. The van der Waals surface area contributed by atoms with E-state index in [0.717, 1.165) is 4.68 Å². The van der Waals surface area contributed by atoms with Crippen LogP contribution in [0.15, 0.2) is 6.07 Å². The summed E-state index contributed by atoms with van der Waals surface area (Å²) in [5.74, 6) is -0.762. The molecule has 1 aromatic rings. The molecule has 0 saturated carbocycles. The molecule has 3 atom stereocenters. The first-order valence-corrected chi connectivity index (χ1v) is 10.2. The van der Waals surface area contributed by atoms with Gasteiger partial charge in [0.1, 0.15) is 5.82 Å². The van der Waals surface area contributed by atoms with Gasteiger partial charge in [-0.1, -0.05) is 6.92 Å². The van der Waals surface area contributed by atoms with Crippen molar-refractivity contribution in [2.24, 2.45) is 0 Å². The Morgan fingerprint density at radius 2 is 2.19 bits per heavy atom. The van der Waals surface area contributed by atoms with Gasteiger partial charge in [-0.05, 0) is 26.2 Å². The van der Waals surface area contributed by atoms with Crippen LogP contribution < -0.4 is 10.6 Å². The summed E-state index contributed by atoms with van der Waals surface area (Å²) in [5.41, 5.74) is -1.10. The number of fused-ring (bicyclic) bond motifs is 1. The molecule has 0 aromatic carbocycles. The lowest BCUT2D eigenvalue weighted by molar-refractivity contribution is -0.173. The van der Waals surface area contributed by atoms with Gasteiger partial charge >= 0.3 is 6.18 Å². The van der Waals surface area contributed by atoms with E-state index in [4.69, 9.17) is 0 Å². The number of rotatable bonds is 3. The lowest BCUT2D eigenvalue weighted by atomic mass is 10.0. The van der Waals surface area contributed by atoms with Gasteiger partial charge in [0.2, 0.25) is 0 Å². The number of aromatic nitrogens is 2. The predicted octanol–water partition coefficient (Wildman–Crippen LogP) is 1.89. The van der Waals surface area contributed by atoms with Crippen molar-refractivity contribution in [3.8, 4) is 0 Å². The maximum Gasteiger partial charge on any atom is 0.410 e. The third kappa shape index (κ3) is 3.67. The van der Waals surface area contributed by atoms with E-state index in [1.807, 2.05) is 0 Å². The largest absolute Gasteiger partial charge is 0.410 e. The highest BCUT2D eigenvalue weighted by Gasteiger charge is 2.46. The normalized spacial score (nSPS) is 30.5. The molecule has 146 valence electrons. The summed E-state index contributed by atoms with van der Waals surface area (Å²) in [6, 6.07) is -0.880. The number of hydrogen-bond acceptors (Lipinski definition) is 5. The zero-order chi connectivity index (χ0) is 19.3. The number of halogens is 3. The van der Waals surface area contributed by atoms with Crippen LogP contribution in [0, 0.1) is 0 Å². The van der Waals surface area contributed by atoms with E-state index in [2.05, 4.69) is 15.7 Å². The highest BCUT2D eigenvalue weighted by Crippen LogP contribution is 2.40. The highest BCUT2D eigenvalue weighted by atomic mass is 32.2. The maximum atomic E-state index is 13.4. The van der Waals surface area contributed by atoms with Gasteiger partial charge in [-0.15, -0.1) is 0 Å². The molecule has 1 saturated heterocycles. The highest BCUT2D eigenvalue weighted by molar-refractivity contribution is 7.91. The number of hydrogen-bond donors (Lipinski definition) is 2. The van der Waals surface area contributed by atoms with Crippen LogP contribution in [-0.4, -0.2) is 53.4 Å². The predicted molar refractivity (Wildman–Crippen MR) is 88.8 cm³/mol. The van der Waals surface area contributed by atoms with Crippen molar-refractivity contribution >= 4 is 21.6 Å². The minimum Gasteiger partial charge on any atom is -0.367 e. The Morgan fingerprint density at radius 1 is 1.50 bits per heavy atom. The van der Waals surface area contributed by atoms with E-state index in [1.165, 1.54) is 6.07 Å². The Balaban J connectivity index is 1.85. The summed E-state index contributed by atoms with van der Waals surface area (Å²) < 4.78 is 64.2. The molecule has 1 aromatic heterocycles. The molecule has 3 rings (SSSR count). The molecule has 2 N–H and O–H groups in total. The Kier molecular flexibility index (Phi) is 4.48. The average molecular weight is 394 g/mol. The fraction of sp³-hybridized carbons (Fsp3) is 0.733. The van der Waals surface area contributed by atoms with Crippen molar-refractivity contribution < 1.29 is 26.4 Å². The summed E-state index contributed by atoms with van der Waals surface area (Å²) in [4.78, 5) is 12.5. The smallest absolute Gasteiger partial charge is 0.367 e. The van der Waals surface area contributed by atoms with Crippen LogP contribution in [0.25, 0.3) is 0 Å². The van der Waals surface area contributed by atoms with Crippen molar-refractivity contribution in [2.75, 3.05) is 16.8 Å². The molecule has 2 aliphatic rings. The minimum absolute atomic E-state index is 0.0284. The number of anilines is 1. The minimum atomic E-state index is -4.48. The Labute approximate surface area is 149 Å². The van der Waals surface area contributed by atoms with E-state index in [-0.39, 0.29) is 41.9 Å². The second-order valence-corrected chi connectivity index (χ2v) is 9.44. The number of sulfone groups is 1. The first-order chi connectivity index (χ1) is 11.9. The topological polar surface area (TPSA) is 93.1 Å². The van der Waals surface area contributed by atoms with Gasteiger partial charge < -0.3 is 10.6 Å². The standard InChI is InChI=1S/C15H21F3N4O3S/c1-3-9-6-11(15(16,17)18)22-12(19-9)7-10(21-22)13(23)20-14(2)4-5-26(24,25)8-14/h7,9,11,19H,3-6,8H2,1-2H3,(H,20,23)/t9-,11-,14-/m1/s1. The fourth-order valence-corrected chi connectivity index (χ4v) is 5.57. The summed E-state index contributed by atoms with van der Waals surface area (Å²) in [6.45, 7) is 3.39. The molecule has 3 heterocycles. The zero-order valence-electron chi connectivity index (χ0n) is 14.4. The molecule has 1 amide bonds. The summed E-state index contributed by atoms with van der Waals surface area (Å²) in [6.07, 6.45) is -3.87. The van der Waals surface area contributed by atoms with Crippen molar-refractivity contribution in [3.63, 3.8) is 0 Å². The molecule has 2 aliphatic heterocycles. The van der Waals surface area contributed by atoms with Gasteiger partial charge in [-0.2, -0.15) is 18.3 Å². The second-order valence-electron chi connectivity index (χ2n) is 7.26. The number of alkyl halides is 3. The van der Waals surface area contributed by atoms with Crippen molar-refractivity contribution in [1.29, 1.82) is 0 Å². The van der Waals surface area contributed by atoms with Crippen LogP contribution in [0.3, 0.4) is 0 Å². The third-order valence-electron chi connectivity index (χ3n) is 4.91. The summed E-state index contributed by atoms with van der Waals surface area (Å²) >= 11 is 0. The molecular weight excluding hydrogens is 373 g/mol. The van der Waals surface area contributed by atoms with Crippen molar-refractivity contribution in [2.45, 2.75) is 56.9 Å². The first-order valence-electron chi connectivity index (χ1n) is 8.38. The number of amides is 1. The first kappa shape index (κ1) is 19.0. The molecule has 7 nitrogen and oxygen atoms in total. The summed E-state index contributed by atoms with van der Waals surface area (Å²) in [7, 11) is -3.22. The van der Waals surface area contributed by atoms with Gasteiger partial charge in [0.05, 0.1) is 17.0 Å². The van der Waals surface area contributed by atoms with E-state index in [0.29, 0.717) is 6.42 Å². The van der Waals surface area contributed by atoms with Crippen LogP contribution in [0.2, 0.25) is 0 Å². The molecule has 0 radical (unpaired) electrons. The fourth-order valence-electron chi connectivity index (χ4n) is 3.48. The van der Waals surface area contributed by atoms with Gasteiger partial charge in [-0.25, -0.2) is 13.1 Å². The molecule has 0 unspecified atom stereocenters. The molecule has 26 heavy (non-hydrogen) atoms. The molecule has 11 heteroatoms. The van der Waals surface area contributed by atoms with Crippen molar-refractivity contribution in [1.82, 2.24) is 15.1 Å². The molecular formula is C15H21F3N4O3S.